The molecule has 2 aromatic carbocycles. The molecule has 1 atom stereocenters. The van der Waals surface area contributed by atoms with E-state index < -0.39 is 0 Å². The minimum Gasteiger partial charge on any atom is -0.421 e. The van der Waals surface area contributed by atoms with E-state index in [1.807, 2.05) is 23.1 Å². The van der Waals surface area contributed by atoms with Crippen LogP contribution in [0.4, 0.5) is 4.39 Å². The maximum absolute atomic E-state index is 13.6. The zero-order chi connectivity index (χ0) is 22.8. The predicted octanol–water partition coefficient (Wildman–Crippen LogP) is 4.47. The van der Waals surface area contributed by atoms with Gasteiger partial charge in [0.25, 0.3) is 11.8 Å². The van der Waals surface area contributed by atoms with Crippen LogP contribution < -0.4 is 0 Å². The molecule has 3 heterocycles. The van der Waals surface area contributed by atoms with Crippen molar-refractivity contribution in [1.29, 1.82) is 0 Å². The summed E-state index contributed by atoms with van der Waals surface area (Å²) < 4.78 is 24.7. The molecule has 0 radical (unpaired) electrons. The van der Waals surface area contributed by atoms with Crippen molar-refractivity contribution in [3.05, 3.63) is 71.6 Å². The van der Waals surface area contributed by atoms with E-state index in [4.69, 9.17) is 8.94 Å². The Morgan fingerprint density at radius 3 is 2.82 bits per heavy atom. The van der Waals surface area contributed by atoms with Gasteiger partial charge in [0, 0.05) is 24.6 Å². The molecule has 1 unspecified atom stereocenters. The monoisotopic (exact) mass is 447 g/mol. The smallest absolute Gasteiger partial charge is 0.258 e. The van der Waals surface area contributed by atoms with Gasteiger partial charge in [-0.1, -0.05) is 23.4 Å². The van der Waals surface area contributed by atoms with Crippen LogP contribution in [0.5, 0.6) is 0 Å². The number of nitrogens with zero attached hydrogens (tertiary/aromatic N) is 5. The standard InChI is InChI=1S/C24H22FN5O3/c1-15-26-23(33-29-15)19-10-2-3-11-20(19)24(31)30-12-5-4-9-18(30)14-21-27-28-22(32-21)16-7-6-8-17(25)13-16/h2-3,6-8,10-11,13,18H,4-5,9,12,14H2,1H3. The van der Waals surface area contributed by atoms with Gasteiger partial charge < -0.3 is 13.8 Å². The predicted molar refractivity (Wildman–Crippen MR) is 117 cm³/mol. The lowest BCUT2D eigenvalue weighted by Crippen LogP contribution is -2.45. The lowest BCUT2D eigenvalue weighted by Gasteiger charge is -2.35. The quantitative estimate of drug-likeness (QED) is 0.445. The number of hydrogen-bond acceptors (Lipinski definition) is 7. The first-order valence-electron chi connectivity index (χ1n) is 10.9. The maximum atomic E-state index is 13.6. The van der Waals surface area contributed by atoms with Crippen LogP contribution in [0.3, 0.4) is 0 Å². The molecule has 0 spiro atoms. The first kappa shape index (κ1) is 21.0. The molecule has 33 heavy (non-hydrogen) atoms. The van der Waals surface area contributed by atoms with Gasteiger partial charge in [-0.15, -0.1) is 10.2 Å². The van der Waals surface area contributed by atoms with E-state index in [2.05, 4.69) is 20.3 Å². The molecule has 2 aromatic heterocycles. The first-order chi connectivity index (χ1) is 16.1. The van der Waals surface area contributed by atoms with Crippen LogP contribution in [0.25, 0.3) is 22.9 Å². The number of rotatable bonds is 5. The molecule has 0 N–H and O–H groups in total. The number of benzene rings is 2. The van der Waals surface area contributed by atoms with Crippen LogP contribution in [-0.2, 0) is 6.42 Å². The highest BCUT2D eigenvalue weighted by molar-refractivity contribution is 6.00. The summed E-state index contributed by atoms with van der Waals surface area (Å²) in [6.07, 6.45) is 3.17. The Hall–Kier alpha value is -3.88. The summed E-state index contributed by atoms with van der Waals surface area (Å²) in [5, 5.41) is 12.1. The Morgan fingerprint density at radius 2 is 2.00 bits per heavy atom. The van der Waals surface area contributed by atoms with Crippen molar-refractivity contribution in [2.24, 2.45) is 0 Å². The normalized spacial score (nSPS) is 16.2. The molecule has 0 aliphatic carbocycles. The lowest BCUT2D eigenvalue weighted by atomic mass is 9.97. The van der Waals surface area contributed by atoms with E-state index >= 15 is 0 Å². The van der Waals surface area contributed by atoms with Crippen molar-refractivity contribution in [2.75, 3.05) is 6.54 Å². The largest absolute Gasteiger partial charge is 0.421 e. The Labute approximate surface area is 189 Å². The summed E-state index contributed by atoms with van der Waals surface area (Å²) in [5.74, 6) is 1.03. The van der Waals surface area contributed by atoms with Gasteiger partial charge in [0.15, 0.2) is 5.82 Å². The number of aryl methyl sites for hydroxylation is 1. The Morgan fingerprint density at radius 1 is 1.12 bits per heavy atom. The van der Waals surface area contributed by atoms with E-state index in [1.54, 1.807) is 25.1 Å². The zero-order valence-electron chi connectivity index (χ0n) is 18.1. The number of aromatic nitrogens is 4. The molecule has 1 aliphatic heterocycles. The van der Waals surface area contributed by atoms with E-state index in [9.17, 15) is 9.18 Å². The summed E-state index contributed by atoms with van der Waals surface area (Å²) in [6.45, 7) is 2.37. The summed E-state index contributed by atoms with van der Waals surface area (Å²) in [6, 6.07) is 13.2. The zero-order valence-corrected chi connectivity index (χ0v) is 18.1. The number of amides is 1. The molecule has 5 rings (SSSR count). The molecule has 1 amide bonds. The molecular formula is C24H22FN5O3. The second-order valence-electron chi connectivity index (χ2n) is 8.06. The lowest BCUT2D eigenvalue weighted by molar-refractivity contribution is 0.0606. The average Bonchev–Trinajstić information content (AvgIpc) is 3.48. The third kappa shape index (κ3) is 4.39. The number of halogens is 1. The Bertz CT molecular complexity index is 1280. The van der Waals surface area contributed by atoms with Crippen molar-refractivity contribution in [1.82, 2.24) is 25.2 Å². The maximum Gasteiger partial charge on any atom is 0.258 e. The van der Waals surface area contributed by atoms with Gasteiger partial charge in [-0.05, 0) is 56.5 Å². The molecule has 1 fully saturated rings. The summed E-state index contributed by atoms with van der Waals surface area (Å²) in [5.41, 5.74) is 1.65. The molecule has 4 aromatic rings. The minimum absolute atomic E-state index is 0.0930. The van der Waals surface area contributed by atoms with Gasteiger partial charge in [-0.2, -0.15) is 4.98 Å². The third-order valence-corrected chi connectivity index (χ3v) is 5.75. The van der Waals surface area contributed by atoms with E-state index in [0.29, 0.717) is 47.3 Å². The van der Waals surface area contributed by atoms with Crippen molar-refractivity contribution in [2.45, 2.75) is 38.6 Å². The second kappa shape index (κ2) is 8.93. The third-order valence-electron chi connectivity index (χ3n) is 5.75. The fourth-order valence-corrected chi connectivity index (χ4v) is 4.17. The van der Waals surface area contributed by atoms with Crippen LogP contribution in [0, 0.1) is 12.7 Å². The number of carbonyl (C=O) groups excluding carboxylic acids is 1. The van der Waals surface area contributed by atoms with Gasteiger partial charge in [0.2, 0.25) is 11.8 Å². The second-order valence-corrected chi connectivity index (χ2v) is 8.06. The molecule has 0 saturated carbocycles. The van der Waals surface area contributed by atoms with Crippen LogP contribution in [0.2, 0.25) is 0 Å². The van der Waals surface area contributed by atoms with E-state index in [1.165, 1.54) is 12.1 Å². The Kier molecular flexibility index (Phi) is 5.68. The number of hydrogen-bond donors (Lipinski definition) is 0. The molecule has 0 bridgehead atoms. The van der Waals surface area contributed by atoms with Crippen LogP contribution in [0.15, 0.2) is 57.5 Å². The minimum atomic E-state index is -0.369. The van der Waals surface area contributed by atoms with Gasteiger partial charge in [0.05, 0.1) is 11.1 Å². The summed E-state index contributed by atoms with van der Waals surface area (Å²) in [7, 11) is 0. The van der Waals surface area contributed by atoms with Crippen molar-refractivity contribution >= 4 is 5.91 Å². The fraction of sp³-hybridized carbons (Fsp3) is 0.292. The Balaban J connectivity index is 1.39. The van der Waals surface area contributed by atoms with E-state index in [0.717, 1.165) is 19.3 Å². The highest BCUT2D eigenvalue weighted by atomic mass is 19.1. The number of piperidine rings is 1. The fourth-order valence-electron chi connectivity index (χ4n) is 4.17. The SMILES string of the molecule is Cc1noc(-c2ccccc2C(=O)N2CCCCC2Cc2nnc(-c3cccc(F)c3)o2)n1. The summed E-state index contributed by atoms with van der Waals surface area (Å²) >= 11 is 0. The van der Waals surface area contributed by atoms with Crippen molar-refractivity contribution < 1.29 is 18.1 Å². The number of likely N-dealkylation sites (tertiary alicyclic amines) is 1. The highest BCUT2D eigenvalue weighted by Crippen LogP contribution is 2.28. The van der Waals surface area contributed by atoms with Crippen LogP contribution >= 0.6 is 0 Å². The van der Waals surface area contributed by atoms with Crippen LogP contribution in [-0.4, -0.2) is 43.7 Å². The number of carbonyl (C=O) groups is 1. The molecule has 1 aliphatic rings. The topological polar surface area (TPSA) is 98.2 Å². The van der Waals surface area contributed by atoms with Crippen LogP contribution in [0.1, 0.15) is 41.3 Å². The summed E-state index contributed by atoms with van der Waals surface area (Å²) in [4.78, 5) is 19.7. The molecule has 8 nitrogen and oxygen atoms in total. The molecular weight excluding hydrogens is 425 g/mol. The highest BCUT2D eigenvalue weighted by Gasteiger charge is 2.31. The van der Waals surface area contributed by atoms with E-state index in [-0.39, 0.29) is 23.7 Å². The molecule has 9 heteroatoms. The van der Waals surface area contributed by atoms with Gasteiger partial charge in [-0.25, -0.2) is 4.39 Å². The van der Waals surface area contributed by atoms with Crippen molar-refractivity contribution in [3.8, 4) is 22.9 Å². The average molecular weight is 447 g/mol. The van der Waals surface area contributed by atoms with Crippen molar-refractivity contribution in [3.63, 3.8) is 0 Å². The molecule has 1 saturated heterocycles. The first-order valence-corrected chi connectivity index (χ1v) is 10.9. The van der Waals surface area contributed by atoms with Gasteiger partial charge in [-0.3, -0.25) is 4.79 Å². The molecule has 168 valence electrons. The van der Waals surface area contributed by atoms with Gasteiger partial charge in [0.1, 0.15) is 5.82 Å². The van der Waals surface area contributed by atoms with Gasteiger partial charge >= 0.3 is 0 Å².